The topological polar surface area (TPSA) is 115 Å². The van der Waals surface area contributed by atoms with Crippen LogP contribution in [0.4, 0.5) is 5.82 Å². The molecule has 2 aromatic heterocycles. The van der Waals surface area contributed by atoms with Gasteiger partial charge in [0.2, 0.25) is 10.0 Å². The number of hydrogen-bond donors (Lipinski definition) is 2. The maximum Gasteiger partial charge on any atom is 0.211 e. The van der Waals surface area contributed by atoms with Crippen LogP contribution in [0.15, 0.2) is 18.6 Å². The molecule has 0 atom stereocenters. The van der Waals surface area contributed by atoms with Gasteiger partial charge in [0.15, 0.2) is 0 Å². The number of unbranched alkanes of at least 4 members (excludes halogenated alkanes) is 1. The van der Waals surface area contributed by atoms with E-state index in [9.17, 15) is 8.42 Å². The molecule has 24 heavy (non-hydrogen) atoms. The summed E-state index contributed by atoms with van der Waals surface area (Å²) in [5.41, 5.74) is 0.793. The molecule has 128 valence electrons. The minimum absolute atomic E-state index is 0.00739. The molecule has 0 unspecified atom stereocenters. The van der Waals surface area contributed by atoms with Gasteiger partial charge in [-0.3, -0.25) is 0 Å². The maximum absolute atomic E-state index is 11.9. The molecule has 1 fully saturated rings. The van der Waals surface area contributed by atoms with Crippen LogP contribution < -0.4 is 9.62 Å². The highest BCUT2D eigenvalue weighted by molar-refractivity contribution is 7.89. The van der Waals surface area contributed by atoms with E-state index in [1.807, 2.05) is 25.4 Å². The molecule has 0 amide bonds. The first-order valence-corrected chi connectivity index (χ1v) is 9.53. The van der Waals surface area contributed by atoms with Crippen molar-refractivity contribution < 1.29 is 8.42 Å². The first kappa shape index (κ1) is 16.7. The van der Waals surface area contributed by atoms with Crippen molar-refractivity contribution in [3.8, 4) is 6.07 Å². The second kappa shape index (κ2) is 6.75. The number of fused-ring (bicyclic) bond motifs is 1. The van der Waals surface area contributed by atoms with Gasteiger partial charge in [0.05, 0.1) is 17.2 Å². The van der Waals surface area contributed by atoms with Crippen LogP contribution in [-0.2, 0) is 10.0 Å². The summed E-state index contributed by atoms with van der Waals surface area (Å²) in [6, 6.07) is 4.09. The largest absolute Gasteiger partial charge is 0.356 e. The molecule has 9 heteroatoms. The number of sulfonamides is 1. The van der Waals surface area contributed by atoms with Gasteiger partial charge in [0.25, 0.3) is 0 Å². The van der Waals surface area contributed by atoms with E-state index in [-0.39, 0.29) is 24.3 Å². The molecule has 2 N–H and O–H groups in total. The Morgan fingerprint density at radius 2 is 2.25 bits per heavy atom. The Kier molecular flexibility index (Phi) is 4.69. The molecule has 0 spiro atoms. The molecule has 1 aliphatic rings. The number of aromatic amines is 1. The van der Waals surface area contributed by atoms with Crippen LogP contribution in [0.25, 0.3) is 11.0 Å². The lowest BCUT2D eigenvalue weighted by Crippen LogP contribution is -2.53. The van der Waals surface area contributed by atoms with Crippen molar-refractivity contribution in [2.75, 3.05) is 17.7 Å². The smallest absolute Gasteiger partial charge is 0.211 e. The lowest BCUT2D eigenvalue weighted by atomic mass is 9.86. The molecule has 1 saturated carbocycles. The molecular formula is C15H20N6O2S. The van der Waals surface area contributed by atoms with Gasteiger partial charge in [-0.15, -0.1) is 0 Å². The molecule has 0 aliphatic heterocycles. The zero-order valence-corrected chi connectivity index (χ0v) is 14.3. The predicted molar refractivity (Wildman–Crippen MR) is 90.9 cm³/mol. The third-order valence-corrected chi connectivity index (χ3v) is 5.89. The standard InChI is InChI=1S/C15H20N6O2S/c1-21(15-13-4-6-17-14(13)18-10-19-15)12-8-11(9-12)20-24(22,23)7-3-2-5-16/h4,6,10-12,20H,2-3,7-9H2,1H3,(H,17,18,19). The molecule has 0 saturated heterocycles. The summed E-state index contributed by atoms with van der Waals surface area (Å²) < 4.78 is 26.6. The Balaban J connectivity index is 1.57. The van der Waals surface area contributed by atoms with Gasteiger partial charge in [-0.05, 0) is 25.3 Å². The number of nitrogens with one attached hydrogen (secondary N) is 2. The maximum atomic E-state index is 11.9. The SMILES string of the molecule is CN(c1ncnc2[nH]ccc12)C1CC(NS(=O)(=O)CCCC#N)C1. The Morgan fingerprint density at radius 1 is 1.46 bits per heavy atom. The van der Waals surface area contributed by atoms with Crippen molar-refractivity contribution in [3.05, 3.63) is 18.6 Å². The van der Waals surface area contributed by atoms with E-state index in [0.29, 0.717) is 6.42 Å². The highest BCUT2D eigenvalue weighted by Gasteiger charge is 2.35. The lowest BCUT2D eigenvalue weighted by Gasteiger charge is -2.41. The van der Waals surface area contributed by atoms with Gasteiger partial charge in [0.1, 0.15) is 17.8 Å². The fourth-order valence-corrected chi connectivity index (χ4v) is 4.31. The average Bonchev–Trinajstić information content (AvgIpc) is 2.98. The van der Waals surface area contributed by atoms with E-state index in [1.54, 1.807) is 0 Å². The first-order valence-electron chi connectivity index (χ1n) is 7.88. The van der Waals surface area contributed by atoms with Crippen molar-refractivity contribution in [1.82, 2.24) is 19.7 Å². The molecule has 2 aromatic rings. The normalized spacial score (nSPS) is 20.5. The van der Waals surface area contributed by atoms with Crippen LogP contribution in [0.3, 0.4) is 0 Å². The predicted octanol–water partition coefficient (Wildman–Crippen LogP) is 1.15. The fraction of sp³-hybridized carbons (Fsp3) is 0.533. The third kappa shape index (κ3) is 3.49. The van der Waals surface area contributed by atoms with Crippen LogP contribution >= 0.6 is 0 Å². The average molecular weight is 348 g/mol. The summed E-state index contributed by atoms with van der Waals surface area (Å²) >= 11 is 0. The van der Waals surface area contributed by atoms with Crippen LogP contribution in [0, 0.1) is 11.3 Å². The molecule has 2 heterocycles. The fourth-order valence-electron chi connectivity index (χ4n) is 2.97. The monoisotopic (exact) mass is 348 g/mol. The van der Waals surface area contributed by atoms with E-state index in [0.717, 1.165) is 29.7 Å². The second-order valence-corrected chi connectivity index (χ2v) is 7.94. The van der Waals surface area contributed by atoms with Crippen molar-refractivity contribution in [3.63, 3.8) is 0 Å². The number of nitrogens with zero attached hydrogens (tertiary/aromatic N) is 4. The van der Waals surface area contributed by atoms with E-state index < -0.39 is 10.0 Å². The first-order chi connectivity index (χ1) is 11.5. The molecule has 0 radical (unpaired) electrons. The number of nitriles is 1. The zero-order valence-electron chi connectivity index (χ0n) is 13.4. The molecular weight excluding hydrogens is 328 g/mol. The Hall–Kier alpha value is -2.18. The number of aromatic nitrogens is 3. The molecule has 1 aliphatic carbocycles. The van der Waals surface area contributed by atoms with Crippen molar-refractivity contribution in [2.24, 2.45) is 0 Å². The van der Waals surface area contributed by atoms with Crippen LogP contribution in [0.2, 0.25) is 0 Å². The third-order valence-electron chi connectivity index (χ3n) is 4.38. The van der Waals surface area contributed by atoms with Crippen LogP contribution in [0.1, 0.15) is 25.7 Å². The summed E-state index contributed by atoms with van der Waals surface area (Å²) in [6.07, 6.45) is 5.47. The number of rotatable bonds is 7. The highest BCUT2D eigenvalue weighted by Crippen LogP contribution is 2.31. The summed E-state index contributed by atoms with van der Waals surface area (Å²) in [5, 5.41) is 9.44. The van der Waals surface area contributed by atoms with Gasteiger partial charge < -0.3 is 9.88 Å². The van der Waals surface area contributed by atoms with E-state index in [2.05, 4.69) is 24.6 Å². The summed E-state index contributed by atoms with van der Waals surface area (Å²) in [5.74, 6) is 0.856. The summed E-state index contributed by atoms with van der Waals surface area (Å²) in [6.45, 7) is 0. The Labute approximate surface area is 141 Å². The van der Waals surface area contributed by atoms with Crippen molar-refractivity contribution >= 4 is 26.9 Å². The van der Waals surface area contributed by atoms with Gasteiger partial charge in [-0.25, -0.2) is 23.1 Å². The quantitative estimate of drug-likeness (QED) is 0.725. The summed E-state index contributed by atoms with van der Waals surface area (Å²) in [7, 11) is -1.33. The molecule has 0 bridgehead atoms. The highest BCUT2D eigenvalue weighted by atomic mass is 32.2. The van der Waals surface area contributed by atoms with Gasteiger partial charge in [-0.1, -0.05) is 0 Å². The zero-order chi connectivity index (χ0) is 17.2. The number of hydrogen-bond acceptors (Lipinski definition) is 6. The van der Waals surface area contributed by atoms with Crippen molar-refractivity contribution in [2.45, 2.75) is 37.8 Å². The van der Waals surface area contributed by atoms with E-state index in [1.165, 1.54) is 6.33 Å². The second-order valence-electron chi connectivity index (χ2n) is 6.07. The van der Waals surface area contributed by atoms with Gasteiger partial charge in [0, 0.05) is 31.7 Å². The summed E-state index contributed by atoms with van der Waals surface area (Å²) in [4.78, 5) is 13.7. The van der Waals surface area contributed by atoms with Gasteiger partial charge >= 0.3 is 0 Å². The van der Waals surface area contributed by atoms with E-state index >= 15 is 0 Å². The van der Waals surface area contributed by atoms with E-state index in [4.69, 9.17) is 5.26 Å². The van der Waals surface area contributed by atoms with Crippen molar-refractivity contribution in [1.29, 1.82) is 5.26 Å². The van der Waals surface area contributed by atoms with Gasteiger partial charge in [-0.2, -0.15) is 5.26 Å². The Bertz CT molecular complexity index is 850. The minimum Gasteiger partial charge on any atom is -0.356 e. The number of H-pyrrole nitrogens is 1. The molecule has 0 aromatic carbocycles. The van der Waals surface area contributed by atoms with Crippen LogP contribution in [-0.4, -0.2) is 48.3 Å². The Morgan fingerprint density at radius 3 is 3.00 bits per heavy atom. The molecule has 8 nitrogen and oxygen atoms in total. The van der Waals surface area contributed by atoms with Crippen LogP contribution in [0.5, 0.6) is 0 Å². The lowest BCUT2D eigenvalue weighted by molar-refractivity contribution is 0.316. The number of anilines is 1. The molecule has 3 rings (SSSR count). The minimum atomic E-state index is -3.30.